The van der Waals surface area contributed by atoms with Crippen LogP contribution >= 0.6 is 11.3 Å². The van der Waals surface area contributed by atoms with Gasteiger partial charge in [-0.3, -0.25) is 9.69 Å². The summed E-state index contributed by atoms with van der Waals surface area (Å²) < 4.78 is 18.5. The van der Waals surface area contributed by atoms with Gasteiger partial charge in [-0.25, -0.2) is 4.98 Å². The van der Waals surface area contributed by atoms with E-state index in [0.717, 1.165) is 49.1 Å². The number of thiophene rings is 1. The number of ether oxygens (including phenoxy) is 2. The molecule has 2 aliphatic heterocycles. The van der Waals surface area contributed by atoms with E-state index in [1.807, 2.05) is 6.92 Å². The highest BCUT2D eigenvalue weighted by atomic mass is 32.1. The Hall–Kier alpha value is -3.95. The minimum atomic E-state index is -0.639. The molecule has 3 aromatic rings. The lowest BCUT2D eigenvalue weighted by Crippen LogP contribution is -2.55. The molecule has 3 aliphatic rings. The van der Waals surface area contributed by atoms with Crippen molar-refractivity contribution >= 4 is 22.2 Å². The third-order valence-electron chi connectivity index (χ3n) is 8.72. The van der Waals surface area contributed by atoms with E-state index in [1.165, 1.54) is 17.4 Å². The smallest absolute Gasteiger partial charge is 0.246 e. The van der Waals surface area contributed by atoms with Gasteiger partial charge in [0.25, 0.3) is 0 Å². The molecule has 12 heteroatoms. The third kappa shape index (κ3) is 5.01. The van der Waals surface area contributed by atoms with Gasteiger partial charge in [0, 0.05) is 28.6 Å². The van der Waals surface area contributed by atoms with Crippen molar-refractivity contribution in [3.05, 3.63) is 46.7 Å². The zero-order chi connectivity index (χ0) is 29.6. The second-order valence-corrected chi connectivity index (χ2v) is 12.7. The molecule has 220 valence electrons. The van der Waals surface area contributed by atoms with Crippen LogP contribution in [0.15, 0.2) is 29.3 Å². The summed E-state index contributed by atoms with van der Waals surface area (Å²) in [6.45, 7) is 9.62. The van der Waals surface area contributed by atoms with E-state index in [4.69, 9.17) is 29.7 Å². The molecule has 0 saturated carbocycles. The highest BCUT2D eigenvalue weighted by Gasteiger charge is 2.43. The van der Waals surface area contributed by atoms with Crippen LogP contribution in [0.25, 0.3) is 11.5 Å². The van der Waals surface area contributed by atoms with Gasteiger partial charge in [0.05, 0.1) is 24.1 Å². The molecule has 6 rings (SSSR count). The van der Waals surface area contributed by atoms with E-state index in [2.05, 4.69) is 36.7 Å². The van der Waals surface area contributed by atoms with Crippen molar-refractivity contribution in [2.75, 3.05) is 32.4 Å². The van der Waals surface area contributed by atoms with Gasteiger partial charge in [-0.1, -0.05) is 11.7 Å². The van der Waals surface area contributed by atoms with Crippen molar-refractivity contribution < 1.29 is 18.8 Å². The number of hydrogen-bond acceptors (Lipinski definition) is 11. The van der Waals surface area contributed by atoms with Crippen LogP contribution in [0.5, 0.6) is 11.6 Å². The first-order chi connectivity index (χ1) is 20.2. The molecule has 5 heterocycles. The van der Waals surface area contributed by atoms with Gasteiger partial charge in [-0.05, 0) is 65.6 Å². The maximum atomic E-state index is 11.9. The lowest BCUT2D eigenvalue weighted by Gasteiger charge is -2.38. The second kappa shape index (κ2) is 11.0. The average Bonchev–Trinajstić information content (AvgIpc) is 3.69. The number of aromatic nitrogens is 3. The molecule has 2 N–H and O–H groups in total. The number of nitrogen functional groups attached to an aromatic ring is 1. The van der Waals surface area contributed by atoms with Gasteiger partial charge in [0.2, 0.25) is 23.5 Å². The number of hydrogen-bond donors (Lipinski definition) is 1. The number of carbonyl (C=O) groups is 1. The van der Waals surface area contributed by atoms with Crippen molar-refractivity contribution in [2.45, 2.75) is 69.6 Å². The molecule has 11 nitrogen and oxygen atoms in total. The number of carbonyl (C=O) groups excluding carboxylic acids is 1. The Balaban J connectivity index is 1.31. The monoisotopic (exact) mass is 589 g/mol. The number of likely N-dealkylation sites (N-methyl/N-ethyl adjacent to an activating group) is 1. The van der Waals surface area contributed by atoms with Crippen molar-refractivity contribution in [1.29, 1.82) is 5.26 Å². The highest BCUT2D eigenvalue weighted by molar-refractivity contribution is 7.16. The van der Waals surface area contributed by atoms with Crippen LogP contribution in [0.3, 0.4) is 0 Å². The predicted octanol–water partition coefficient (Wildman–Crippen LogP) is 3.93. The first-order valence-electron chi connectivity index (χ1n) is 14.3. The molecule has 3 aromatic heterocycles. The molecular formula is C30H35N7O4S. The van der Waals surface area contributed by atoms with E-state index >= 15 is 0 Å². The molecule has 0 aromatic carbocycles. The largest absolute Gasteiger partial charge is 0.486 e. The predicted molar refractivity (Wildman–Crippen MR) is 157 cm³/mol. The SMILES string of the molecule is C=CC(=O)N1CC(Oc2cc(O[C@@H](C)[C@@H]3CCCN3C)nc(-c3noc([C@@]4(C)CCCc5sc(N)c(C#N)c54)n3)c2)C1. The molecule has 0 unspecified atom stereocenters. The molecule has 42 heavy (non-hydrogen) atoms. The Morgan fingerprint density at radius 2 is 2.17 bits per heavy atom. The fourth-order valence-electron chi connectivity index (χ4n) is 6.40. The first-order valence-corrected chi connectivity index (χ1v) is 15.1. The molecule has 0 bridgehead atoms. The number of amides is 1. The van der Waals surface area contributed by atoms with Crippen molar-refractivity contribution in [1.82, 2.24) is 24.9 Å². The standard InChI is InChI=1S/C30H35N7O4S/c1-5-25(38)37-15-19(16-37)40-18-12-21(33-24(13-18)39-17(2)22-8-7-11-36(22)4)28-34-29(41-35-28)30(3)10-6-9-23-26(30)20(14-31)27(32)42-23/h5,12-13,17,19,22H,1,6-11,15-16,32H2,2-4H3/t17-,22-,30-/m0/s1. The zero-order valence-electron chi connectivity index (χ0n) is 24.1. The van der Waals surface area contributed by atoms with Gasteiger partial charge in [0.1, 0.15) is 34.7 Å². The van der Waals surface area contributed by atoms with Crippen molar-refractivity contribution in [3.8, 4) is 29.2 Å². The van der Waals surface area contributed by atoms with Gasteiger partial charge in [-0.15, -0.1) is 11.3 Å². The molecule has 1 amide bonds. The van der Waals surface area contributed by atoms with Crippen LogP contribution < -0.4 is 15.2 Å². The Morgan fingerprint density at radius 1 is 1.36 bits per heavy atom. The molecule has 2 saturated heterocycles. The fourth-order valence-corrected chi connectivity index (χ4v) is 7.59. The van der Waals surface area contributed by atoms with E-state index in [9.17, 15) is 10.1 Å². The van der Waals surface area contributed by atoms with Crippen LogP contribution in [-0.2, 0) is 16.6 Å². The van der Waals surface area contributed by atoms with Gasteiger partial charge in [-0.2, -0.15) is 10.2 Å². The quantitative estimate of drug-likeness (QED) is 0.384. The number of nitrogens with zero attached hydrogens (tertiary/aromatic N) is 6. The van der Waals surface area contributed by atoms with Crippen molar-refractivity contribution in [3.63, 3.8) is 0 Å². The van der Waals surface area contributed by atoms with Gasteiger partial charge >= 0.3 is 0 Å². The van der Waals surface area contributed by atoms with Crippen LogP contribution in [0.4, 0.5) is 5.00 Å². The van der Waals surface area contributed by atoms with Crippen LogP contribution in [0.1, 0.15) is 61.4 Å². The Morgan fingerprint density at radius 3 is 2.88 bits per heavy atom. The van der Waals surface area contributed by atoms with Gasteiger partial charge in [0.15, 0.2) is 0 Å². The summed E-state index contributed by atoms with van der Waals surface area (Å²) in [4.78, 5) is 26.5. The van der Waals surface area contributed by atoms with E-state index in [1.54, 1.807) is 17.0 Å². The summed E-state index contributed by atoms with van der Waals surface area (Å²) >= 11 is 1.46. The number of pyridine rings is 1. The zero-order valence-corrected chi connectivity index (χ0v) is 24.9. The van der Waals surface area contributed by atoms with E-state index in [-0.39, 0.29) is 24.2 Å². The third-order valence-corrected chi connectivity index (χ3v) is 9.80. The molecule has 2 fully saturated rings. The molecule has 1 aliphatic carbocycles. The number of aryl methyl sites for hydroxylation is 1. The summed E-state index contributed by atoms with van der Waals surface area (Å²) in [5.74, 6) is 1.56. The van der Waals surface area contributed by atoms with Crippen molar-refractivity contribution in [2.24, 2.45) is 0 Å². The first kappa shape index (κ1) is 28.2. The summed E-state index contributed by atoms with van der Waals surface area (Å²) in [7, 11) is 2.11. The van der Waals surface area contributed by atoms with Crippen LogP contribution in [0.2, 0.25) is 0 Å². The maximum Gasteiger partial charge on any atom is 0.246 e. The summed E-state index contributed by atoms with van der Waals surface area (Å²) in [5, 5.41) is 14.7. The fraction of sp³-hybridized carbons (Fsp3) is 0.500. The van der Waals surface area contributed by atoms with E-state index in [0.29, 0.717) is 52.7 Å². The number of likely N-dealkylation sites (tertiary alicyclic amines) is 2. The molecule has 3 atom stereocenters. The summed E-state index contributed by atoms with van der Waals surface area (Å²) in [5.41, 5.74) is 7.40. The highest BCUT2D eigenvalue weighted by Crippen LogP contribution is 2.48. The minimum absolute atomic E-state index is 0.0913. The number of rotatable bonds is 8. The second-order valence-electron chi connectivity index (χ2n) is 11.6. The number of nitriles is 1. The molecular weight excluding hydrogens is 554 g/mol. The lowest BCUT2D eigenvalue weighted by atomic mass is 9.72. The minimum Gasteiger partial charge on any atom is -0.486 e. The molecule has 0 radical (unpaired) electrons. The summed E-state index contributed by atoms with van der Waals surface area (Å²) in [6, 6.07) is 6.11. The number of anilines is 1. The summed E-state index contributed by atoms with van der Waals surface area (Å²) in [6.07, 6.45) is 5.79. The molecule has 0 spiro atoms. The topological polar surface area (TPSA) is 144 Å². The number of nitrogens with two attached hydrogens (primary N) is 1. The maximum absolute atomic E-state index is 11.9. The van der Waals surface area contributed by atoms with Crippen LogP contribution in [0, 0.1) is 11.3 Å². The van der Waals surface area contributed by atoms with Gasteiger partial charge < -0.3 is 24.6 Å². The van der Waals surface area contributed by atoms with E-state index < -0.39 is 5.41 Å². The average molecular weight is 590 g/mol. The van der Waals surface area contributed by atoms with Crippen LogP contribution in [-0.4, -0.2) is 75.8 Å². The normalized spacial score (nSPS) is 23.1. The Kier molecular flexibility index (Phi) is 7.41. The Labute approximate surface area is 248 Å². The number of fused-ring (bicyclic) bond motifs is 1. The lowest BCUT2D eigenvalue weighted by molar-refractivity contribution is -0.134. The Bertz CT molecular complexity index is 1560.